The highest BCUT2D eigenvalue weighted by atomic mass is 15.3. The summed E-state index contributed by atoms with van der Waals surface area (Å²) in [6.45, 7) is 4.75. The molecule has 2 aliphatic carbocycles. The maximum atomic E-state index is 4.41. The summed E-state index contributed by atoms with van der Waals surface area (Å²) >= 11 is 0. The zero-order valence-electron chi connectivity index (χ0n) is 25.0. The molecule has 1 atom stereocenters. The summed E-state index contributed by atoms with van der Waals surface area (Å²) in [5.41, 5.74) is 17.2. The fourth-order valence-corrected chi connectivity index (χ4v) is 8.03. The van der Waals surface area contributed by atoms with Crippen LogP contribution < -0.4 is 10.2 Å². The summed E-state index contributed by atoms with van der Waals surface area (Å²) in [7, 11) is 0. The molecule has 1 aromatic heterocycles. The Labute approximate surface area is 258 Å². The number of rotatable bonds is 2. The number of nitrogens with one attached hydrogen (secondary N) is 1. The van der Waals surface area contributed by atoms with Gasteiger partial charge in [0.2, 0.25) is 0 Å². The van der Waals surface area contributed by atoms with Gasteiger partial charge in [-0.3, -0.25) is 9.88 Å². The third-order valence-electron chi connectivity index (χ3n) is 10.1. The molecule has 3 heteroatoms. The average molecular weight is 568 g/mol. The molecule has 9 rings (SSSR count). The molecular formula is C41H33N3. The number of aromatic nitrogens is 1. The van der Waals surface area contributed by atoms with Crippen LogP contribution in [0.25, 0.3) is 27.8 Å². The Bertz CT molecular complexity index is 2080. The molecular weight excluding hydrogens is 534 g/mol. The Morgan fingerprint density at radius 3 is 2.39 bits per heavy atom. The van der Waals surface area contributed by atoms with E-state index in [4.69, 9.17) is 0 Å². The van der Waals surface area contributed by atoms with Crippen molar-refractivity contribution in [2.45, 2.75) is 38.1 Å². The summed E-state index contributed by atoms with van der Waals surface area (Å²) in [4.78, 5) is 6.93. The van der Waals surface area contributed by atoms with Gasteiger partial charge in [0, 0.05) is 34.6 Å². The maximum Gasteiger partial charge on any atom is 0.111 e. The lowest BCUT2D eigenvalue weighted by Crippen LogP contribution is -2.35. The number of nitrogens with zero attached hydrogens (tertiary/aromatic N) is 2. The van der Waals surface area contributed by atoms with Gasteiger partial charge in [-0.15, -0.1) is 0 Å². The first-order valence-corrected chi connectivity index (χ1v) is 15.6. The van der Waals surface area contributed by atoms with Gasteiger partial charge in [-0.2, -0.15) is 0 Å². The summed E-state index contributed by atoms with van der Waals surface area (Å²) in [6, 6.07) is 36.1. The van der Waals surface area contributed by atoms with Crippen molar-refractivity contribution in [1.29, 1.82) is 0 Å². The molecule has 0 bridgehead atoms. The van der Waals surface area contributed by atoms with E-state index in [1.54, 1.807) is 0 Å². The second kappa shape index (κ2) is 9.42. The molecule has 212 valence electrons. The number of anilines is 1. The van der Waals surface area contributed by atoms with Crippen molar-refractivity contribution < 1.29 is 0 Å². The Morgan fingerprint density at radius 1 is 0.727 bits per heavy atom. The lowest BCUT2D eigenvalue weighted by atomic mass is 9.78. The Hall–Kier alpha value is -5.15. The molecule has 44 heavy (non-hydrogen) atoms. The average Bonchev–Trinajstić information content (AvgIpc) is 3.22. The van der Waals surface area contributed by atoms with E-state index in [-0.39, 0.29) is 11.5 Å². The number of pyridine rings is 1. The van der Waals surface area contributed by atoms with Gasteiger partial charge in [0.05, 0.1) is 11.7 Å². The van der Waals surface area contributed by atoms with Gasteiger partial charge >= 0.3 is 0 Å². The maximum absolute atomic E-state index is 4.41. The van der Waals surface area contributed by atoms with Crippen molar-refractivity contribution in [1.82, 2.24) is 10.3 Å². The van der Waals surface area contributed by atoms with Gasteiger partial charge in [-0.05, 0) is 81.1 Å². The summed E-state index contributed by atoms with van der Waals surface area (Å²) in [5.74, 6) is 1.09. The van der Waals surface area contributed by atoms with Gasteiger partial charge in [-0.1, -0.05) is 111 Å². The molecule has 0 saturated carbocycles. The molecule has 1 unspecified atom stereocenters. The monoisotopic (exact) mass is 567 g/mol. The van der Waals surface area contributed by atoms with Crippen molar-refractivity contribution in [3.8, 4) is 22.3 Å². The normalized spacial score (nSPS) is 18.5. The first-order chi connectivity index (χ1) is 21.6. The largest absolute Gasteiger partial charge is 0.361 e. The summed E-state index contributed by atoms with van der Waals surface area (Å²) in [5, 5.41) is 3.90. The number of para-hydroxylation sites is 1. The topological polar surface area (TPSA) is 28.2 Å². The van der Waals surface area contributed by atoms with Crippen LogP contribution in [0.4, 0.5) is 5.69 Å². The molecule has 0 saturated heterocycles. The van der Waals surface area contributed by atoms with Crippen molar-refractivity contribution in [2.24, 2.45) is 0 Å². The fraction of sp³-hybridized carbons (Fsp3) is 0.146. The molecule has 0 spiro atoms. The van der Waals surface area contributed by atoms with Gasteiger partial charge in [0.15, 0.2) is 0 Å². The Kier molecular flexibility index (Phi) is 5.43. The number of hydrogen-bond acceptors (Lipinski definition) is 3. The minimum Gasteiger partial charge on any atom is -0.361 e. The third-order valence-corrected chi connectivity index (χ3v) is 10.1. The third kappa shape index (κ3) is 3.53. The number of hydrogen-bond donors (Lipinski definition) is 1. The minimum absolute atomic E-state index is 0.0401. The van der Waals surface area contributed by atoms with E-state index in [1.807, 2.05) is 18.5 Å². The Balaban J connectivity index is 1.35. The van der Waals surface area contributed by atoms with Crippen molar-refractivity contribution >= 4 is 11.3 Å². The number of dihydropyridines is 1. The highest BCUT2D eigenvalue weighted by Gasteiger charge is 2.41. The molecule has 4 aliphatic rings. The second-order valence-electron chi connectivity index (χ2n) is 12.8. The zero-order chi connectivity index (χ0) is 29.4. The molecule has 5 aromatic rings. The van der Waals surface area contributed by atoms with E-state index < -0.39 is 0 Å². The van der Waals surface area contributed by atoms with Gasteiger partial charge in [-0.25, -0.2) is 0 Å². The van der Waals surface area contributed by atoms with Crippen LogP contribution in [0.5, 0.6) is 0 Å². The molecule has 4 aromatic carbocycles. The van der Waals surface area contributed by atoms with Crippen molar-refractivity contribution in [2.75, 3.05) is 4.90 Å². The van der Waals surface area contributed by atoms with Crippen LogP contribution in [0.15, 0.2) is 139 Å². The van der Waals surface area contributed by atoms with E-state index in [0.29, 0.717) is 0 Å². The van der Waals surface area contributed by atoms with Gasteiger partial charge in [0.25, 0.3) is 0 Å². The molecule has 3 heterocycles. The van der Waals surface area contributed by atoms with Crippen LogP contribution in [0, 0.1) is 0 Å². The van der Waals surface area contributed by atoms with E-state index >= 15 is 0 Å². The predicted octanol–water partition coefficient (Wildman–Crippen LogP) is 9.32. The Morgan fingerprint density at radius 2 is 1.52 bits per heavy atom. The zero-order valence-corrected chi connectivity index (χ0v) is 25.0. The standard InChI is InChI=1S/C41H33N3/c1-41(2)32-16-7-5-14-29(32)40-33(41)22-21-31-38-28-13-4-3-11-26(28)20-23-36(38)44(35-18-8-6-15-30(35)39(31)40)37-19-9-17-34(43-37)27-12-10-24-42-25-27/h3-19,21-22,24-25,34,43H,20,23H2,1-2H3. The highest BCUT2D eigenvalue weighted by molar-refractivity contribution is 6.06. The van der Waals surface area contributed by atoms with Crippen molar-refractivity contribution in [3.63, 3.8) is 0 Å². The smallest absolute Gasteiger partial charge is 0.111 e. The van der Waals surface area contributed by atoms with Crippen LogP contribution in [-0.2, 0) is 11.8 Å². The van der Waals surface area contributed by atoms with Crippen LogP contribution in [0.2, 0.25) is 0 Å². The van der Waals surface area contributed by atoms with Crippen molar-refractivity contribution in [3.05, 3.63) is 173 Å². The quantitative estimate of drug-likeness (QED) is 0.230. The van der Waals surface area contributed by atoms with Gasteiger partial charge in [0.1, 0.15) is 5.82 Å². The van der Waals surface area contributed by atoms with E-state index in [9.17, 15) is 0 Å². The summed E-state index contributed by atoms with van der Waals surface area (Å²) in [6.07, 6.45) is 12.4. The molecule has 0 fully saturated rings. The molecule has 0 amide bonds. The molecule has 0 radical (unpaired) electrons. The van der Waals surface area contributed by atoms with Crippen LogP contribution in [-0.4, -0.2) is 4.98 Å². The molecule has 2 aliphatic heterocycles. The first-order valence-electron chi connectivity index (χ1n) is 15.6. The lowest BCUT2D eigenvalue weighted by molar-refractivity contribution is 0.660. The van der Waals surface area contributed by atoms with E-state index in [2.05, 4.69) is 138 Å². The van der Waals surface area contributed by atoms with Crippen LogP contribution in [0.1, 0.15) is 59.7 Å². The number of allylic oxidation sites excluding steroid dienone is 3. The lowest BCUT2D eigenvalue weighted by Gasteiger charge is -2.36. The summed E-state index contributed by atoms with van der Waals surface area (Å²) < 4.78 is 0. The number of benzene rings is 4. The van der Waals surface area contributed by atoms with Crippen LogP contribution >= 0.6 is 0 Å². The minimum atomic E-state index is -0.0707. The predicted molar refractivity (Wildman–Crippen MR) is 180 cm³/mol. The SMILES string of the molecule is CC1(C)c2ccccc2-c2c1ccc1c2-c2ccccc2N(C2=CC=CC(c3cccnc3)N2)C2=C1c1ccccc1CC2. The van der Waals surface area contributed by atoms with Gasteiger partial charge < -0.3 is 5.32 Å². The number of fused-ring (bicyclic) bond motifs is 10. The number of aryl methyl sites for hydroxylation is 1. The van der Waals surface area contributed by atoms with Crippen LogP contribution in [0.3, 0.4) is 0 Å². The first kappa shape index (κ1) is 25.4. The van der Waals surface area contributed by atoms with E-state index in [1.165, 1.54) is 67.0 Å². The van der Waals surface area contributed by atoms with E-state index in [0.717, 1.165) is 24.2 Å². The molecule has 1 N–H and O–H groups in total. The molecule has 3 nitrogen and oxygen atoms in total. The highest BCUT2D eigenvalue weighted by Crippen LogP contribution is 2.58. The fourth-order valence-electron chi connectivity index (χ4n) is 8.03. The second-order valence-corrected chi connectivity index (χ2v) is 12.8.